The Morgan fingerprint density at radius 2 is 1.36 bits per heavy atom. The van der Waals surface area contributed by atoms with Gasteiger partial charge in [-0.3, -0.25) is 0 Å². The summed E-state index contributed by atoms with van der Waals surface area (Å²) in [6.07, 6.45) is 0. The summed E-state index contributed by atoms with van der Waals surface area (Å²) in [6.45, 7) is 1.86. The molecule has 3 heteroatoms. The summed E-state index contributed by atoms with van der Waals surface area (Å²) in [6, 6.07) is 22.9. The summed E-state index contributed by atoms with van der Waals surface area (Å²) in [5.41, 5.74) is 11.6. The number of rotatable bonds is 2. The molecule has 2 nitrogen and oxygen atoms in total. The molecular formula is C22H17FN2. The third kappa shape index (κ3) is 2.64. The van der Waals surface area contributed by atoms with Crippen molar-refractivity contribution in [3.8, 4) is 22.3 Å². The van der Waals surface area contributed by atoms with Crippen molar-refractivity contribution in [2.45, 2.75) is 6.92 Å². The number of aryl methyl sites for hydroxylation is 1. The molecule has 0 unspecified atom stereocenters. The molecule has 0 saturated carbocycles. The van der Waals surface area contributed by atoms with E-state index in [1.165, 1.54) is 6.07 Å². The molecule has 25 heavy (non-hydrogen) atoms. The number of hydrogen-bond donors (Lipinski definition) is 1. The number of hydrogen-bond acceptors (Lipinski definition) is 2. The Morgan fingerprint density at radius 3 is 1.96 bits per heavy atom. The summed E-state index contributed by atoms with van der Waals surface area (Å²) >= 11 is 0. The molecule has 0 spiro atoms. The van der Waals surface area contributed by atoms with E-state index in [2.05, 4.69) is 4.98 Å². The maximum atomic E-state index is 14.2. The number of pyridine rings is 1. The Hall–Kier alpha value is -3.20. The van der Waals surface area contributed by atoms with Gasteiger partial charge in [-0.05, 0) is 35.7 Å². The summed E-state index contributed by atoms with van der Waals surface area (Å²) in [5.74, 6) is 0.181. The number of benzene rings is 3. The second-order valence-corrected chi connectivity index (χ2v) is 6.10. The molecule has 122 valence electrons. The normalized spacial score (nSPS) is 11.0. The summed E-state index contributed by atoms with van der Waals surface area (Å²) < 4.78 is 14.2. The van der Waals surface area contributed by atoms with E-state index in [0.717, 1.165) is 38.7 Å². The van der Waals surface area contributed by atoms with E-state index in [1.54, 1.807) is 6.07 Å². The fraction of sp³-hybridized carbons (Fsp3) is 0.0455. The Kier molecular flexibility index (Phi) is 3.69. The largest absolute Gasteiger partial charge is 0.383 e. The van der Waals surface area contributed by atoms with Crippen LogP contribution in [0.5, 0.6) is 0 Å². The predicted octanol–water partition coefficient (Wildman–Crippen LogP) is 5.60. The molecule has 0 aliphatic carbocycles. The van der Waals surface area contributed by atoms with Crippen molar-refractivity contribution in [3.05, 3.63) is 84.2 Å². The average molecular weight is 328 g/mol. The molecule has 1 heterocycles. The lowest BCUT2D eigenvalue weighted by Crippen LogP contribution is -2.00. The predicted molar refractivity (Wildman–Crippen MR) is 102 cm³/mol. The Bertz CT molecular complexity index is 1060. The lowest BCUT2D eigenvalue weighted by molar-refractivity contribution is 0.628. The fourth-order valence-electron chi connectivity index (χ4n) is 3.32. The van der Waals surface area contributed by atoms with Crippen LogP contribution in [-0.4, -0.2) is 4.98 Å². The Morgan fingerprint density at radius 1 is 0.800 bits per heavy atom. The minimum absolute atomic E-state index is 0.271. The first-order valence-corrected chi connectivity index (χ1v) is 8.15. The molecule has 1 aromatic heterocycles. The smallest absolute Gasteiger partial charge is 0.132 e. The van der Waals surface area contributed by atoms with Crippen molar-refractivity contribution in [1.82, 2.24) is 4.98 Å². The minimum atomic E-state index is -0.271. The first-order chi connectivity index (χ1) is 12.1. The first-order valence-electron chi connectivity index (χ1n) is 8.15. The van der Waals surface area contributed by atoms with E-state index in [-0.39, 0.29) is 5.82 Å². The Balaban J connectivity index is 2.20. The maximum absolute atomic E-state index is 14.2. The number of aromatic nitrogens is 1. The van der Waals surface area contributed by atoms with Gasteiger partial charge in [0.15, 0.2) is 0 Å². The highest BCUT2D eigenvalue weighted by atomic mass is 19.1. The van der Waals surface area contributed by atoms with E-state index in [0.29, 0.717) is 5.82 Å². The number of fused-ring (bicyclic) bond motifs is 1. The van der Waals surface area contributed by atoms with Crippen LogP contribution in [0.3, 0.4) is 0 Å². The molecule has 3 aromatic carbocycles. The molecule has 0 bridgehead atoms. The zero-order chi connectivity index (χ0) is 17.4. The second kappa shape index (κ2) is 6.02. The van der Waals surface area contributed by atoms with Gasteiger partial charge in [0, 0.05) is 16.5 Å². The van der Waals surface area contributed by atoms with Gasteiger partial charge in [0.25, 0.3) is 0 Å². The molecule has 0 radical (unpaired) electrons. The highest BCUT2D eigenvalue weighted by molar-refractivity contribution is 6.06. The highest BCUT2D eigenvalue weighted by Crippen LogP contribution is 2.41. The third-order valence-electron chi connectivity index (χ3n) is 4.40. The summed E-state index contributed by atoms with van der Waals surface area (Å²) in [4.78, 5) is 4.59. The van der Waals surface area contributed by atoms with Gasteiger partial charge in [-0.1, -0.05) is 60.7 Å². The molecule has 2 N–H and O–H groups in total. The van der Waals surface area contributed by atoms with E-state index in [1.807, 2.05) is 67.6 Å². The number of nitrogens with two attached hydrogens (primary N) is 1. The highest BCUT2D eigenvalue weighted by Gasteiger charge is 2.18. The van der Waals surface area contributed by atoms with Gasteiger partial charge in [-0.2, -0.15) is 0 Å². The van der Waals surface area contributed by atoms with Crippen LogP contribution in [0, 0.1) is 12.7 Å². The third-order valence-corrected chi connectivity index (χ3v) is 4.40. The zero-order valence-corrected chi connectivity index (χ0v) is 13.8. The number of nitrogen functional groups attached to an aromatic ring is 1. The lowest BCUT2D eigenvalue weighted by atomic mass is 9.91. The molecule has 4 rings (SSSR count). The van der Waals surface area contributed by atoms with Crippen LogP contribution in [0.15, 0.2) is 72.8 Å². The van der Waals surface area contributed by atoms with Crippen LogP contribution in [-0.2, 0) is 0 Å². The van der Waals surface area contributed by atoms with E-state index >= 15 is 0 Å². The second-order valence-electron chi connectivity index (χ2n) is 6.10. The van der Waals surface area contributed by atoms with Crippen LogP contribution >= 0.6 is 0 Å². The average Bonchev–Trinajstić information content (AvgIpc) is 2.63. The van der Waals surface area contributed by atoms with Gasteiger partial charge >= 0.3 is 0 Å². The van der Waals surface area contributed by atoms with Gasteiger partial charge < -0.3 is 5.73 Å². The van der Waals surface area contributed by atoms with Crippen molar-refractivity contribution in [2.75, 3.05) is 5.73 Å². The fourth-order valence-corrected chi connectivity index (χ4v) is 3.32. The molecule has 0 atom stereocenters. The Labute approximate surface area is 145 Å². The molecule has 0 saturated heterocycles. The zero-order valence-electron chi connectivity index (χ0n) is 13.8. The quantitative estimate of drug-likeness (QED) is 0.520. The van der Waals surface area contributed by atoms with Gasteiger partial charge in [-0.15, -0.1) is 0 Å². The van der Waals surface area contributed by atoms with Gasteiger partial charge in [-0.25, -0.2) is 9.37 Å². The van der Waals surface area contributed by atoms with Crippen LogP contribution in [0.2, 0.25) is 0 Å². The first kappa shape index (κ1) is 15.3. The topological polar surface area (TPSA) is 38.9 Å². The van der Waals surface area contributed by atoms with E-state index in [9.17, 15) is 4.39 Å². The van der Waals surface area contributed by atoms with Crippen LogP contribution in [0.25, 0.3) is 33.2 Å². The number of nitrogens with zero attached hydrogens (tertiary/aromatic N) is 1. The molecule has 0 aliphatic rings. The lowest BCUT2D eigenvalue weighted by Gasteiger charge is -2.17. The minimum Gasteiger partial charge on any atom is -0.383 e. The van der Waals surface area contributed by atoms with Crippen LogP contribution in [0.4, 0.5) is 10.2 Å². The summed E-state index contributed by atoms with van der Waals surface area (Å²) in [5, 5.41) is 0.775. The van der Waals surface area contributed by atoms with Crippen LogP contribution < -0.4 is 5.73 Å². The van der Waals surface area contributed by atoms with Gasteiger partial charge in [0.2, 0.25) is 0 Å². The summed E-state index contributed by atoms with van der Waals surface area (Å²) in [7, 11) is 0. The van der Waals surface area contributed by atoms with Crippen LogP contribution in [0.1, 0.15) is 5.56 Å². The van der Waals surface area contributed by atoms with Crippen molar-refractivity contribution in [3.63, 3.8) is 0 Å². The maximum Gasteiger partial charge on any atom is 0.132 e. The van der Waals surface area contributed by atoms with Gasteiger partial charge in [0.1, 0.15) is 11.6 Å². The molecule has 0 aliphatic heterocycles. The molecule has 0 fully saturated rings. The molecule has 0 amide bonds. The SMILES string of the molecule is Cc1cc(F)cc2c(-c3ccccc3)c(-c3ccccc3)c(N)nc12. The molecular weight excluding hydrogens is 311 g/mol. The van der Waals surface area contributed by atoms with Crippen molar-refractivity contribution < 1.29 is 4.39 Å². The monoisotopic (exact) mass is 328 g/mol. The standard InChI is InChI=1S/C22H17FN2/c1-14-12-17(23)13-18-19(15-8-4-2-5-9-15)20(22(24)25-21(14)18)16-10-6-3-7-11-16/h2-13H,1H3,(H2,24,25). The van der Waals surface area contributed by atoms with E-state index in [4.69, 9.17) is 5.73 Å². The van der Waals surface area contributed by atoms with Crippen molar-refractivity contribution in [1.29, 1.82) is 0 Å². The van der Waals surface area contributed by atoms with Gasteiger partial charge in [0.05, 0.1) is 5.52 Å². The van der Waals surface area contributed by atoms with E-state index < -0.39 is 0 Å². The number of halogens is 1. The van der Waals surface area contributed by atoms with Crippen molar-refractivity contribution in [2.24, 2.45) is 0 Å². The molecule has 4 aromatic rings. The number of anilines is 1. The van der Waals surface area contributed by atoms with Crippen molar-refractivity contribution >= 4 is 16.7 Å².